The van der Waals surface area contributed by atoms with E-state index in [2.05, 4.69) is 78.8 Å². The van der Waals surface area contributed by atoms with Crippen LogP contribution in [0.5, 0.6) is 0 Å². The van der Waals surface area contributed by atoms with Crippen LogP contribution in [0.25, 0.3) is 0 Å². The van der Waals surface area contributed by atoms with Crippen molar-refractivity contribution in [2.75, 3.05) is 72.9 Å². The predicted molar refractivity (Wildman–Crippen MR) is 358 cm³/mol. The van der Waals surface area contributed by atoms with Crippen molar-refractivity contribution in [1.82, 2.24) is 0 Å². The smallest absolute Gasteiger partial charge is 0.450 e. The van der Waals surface area contributed by atoms with E-state index in [-0.39, 0.29) is 19.8 Å². The second-order valence-corrected chi connectivity index (χ2v) is 29.4. The summed E-state index contributed by atoms with van der Waals surface area (Å²) in [6.45, 7) is 5.54. The molecule has 7 fully saturated rings. The van der Waals surface area contributed by atoms with Crippen LogP contribution in [0.3, 0.4) is 0 Å². The van der Waals surface area contributed by atoms with Gasteiger partial charge in [0.15, 0.2) is 31.3 Å². The molecule has 4 saturated carbocycles. The molecular formula is C73H105F19O22. The lowest BCUT2D eigenvalue weighted by Gasteiger charge is -2.55. The van der Waals surface area contributed by atoms with Crippen molar-refractivity contribution in [3.8, 4) is 0 Å². The first-order valence-corrected chi connectivity index (χ1v) is 37.4. The first-order chi connectivity index (χ1) is 52.8. The number of halogens is 19. The summed E-state index contributed by atoms with van der Waals surface area (Å²) in [6.07, 6.45) is -2.99. The summed E-state index contributed by atoms with van der Waals surface area (Å²) >= 11 is 0. The molecule has 0 aromatic carbocycles. The molecule has 4 bridgehead atoms. The Bertz CT molecular complexity index is 3010. The molecule has 114 heavy (non-hydrogen) atoms. The average molecular weight is 1700 g/mol. The molecule has 22 nitrogen and oxygen atoms in total. The maximum absolute atomic E-state index is 14.8. The molecule has 8 unspecified atom stereocenters. The molecule has 41 heteroatoms. The van der Waals surface area contributed by atoms with Crippen molar-refractivity contribution in [2.24, 2.45) is 23.2 Å². The molecule has 662 valence electrons. The average Bonchev–Trinajstić information content (AvgIpc) is 0.737. The van der Waals surface area contributed by atoms with Crippen LogP contribution in [0, 0.1) is 23.2 Å². The summed E-state index contributed by atoms with van der Waals surface area (Å²) in [5.41, 5.74) is -4.68. The van der Waals surface area contributed by atoms with Gasteiger partial charge in [0.25, 0.3) is 0 Å². The number of ether oxygens (including phenoxy) is 17. The fourth-order valence-electron chi connectivity index (χ4n) is 13.8. The van der Waals surface area contributed by atoms with Gasteiger partial charge in [-0.3, -0.25) is 9.59 Å². The fraction of sp³-hybridized carbons (Fsp3) is 0.849. The van der Waals surface area contributed by atoms with Gasteiger partial charge in [-0.1, -0.05) is 136 Å². The Morgan fingerprint density at radius 2 is 0.982 bits per heavy atom. The van der Waals surface area contributed by atoms with Gasteiger partial charge >= 0.3 is 89.7 Å². The summed E-state index contributed by atoms with van der Waals surface area (Å²) in [7, 11) is 0. The van der Waals surface area contributed by atoms with Crippen molar-refractivity contribution < 1.29 is 188 Å². The number of hydrogen-bond donors (Lipinski definition) is 0. The van der Waals surface area contributed by atoms with Crippen LogP contribution < -0.4 is 0 Å². The van der Waals surface area contributed by atoms with Gasteiger partial charge < -0.3 is 80.5 Å². The molecule has 4 aliphatic carbocycles. The van der Waals surface area contributed by atoms with Gasteiger partial charge in [0, 0.05) is 19.6 Å². The van der Waals surface area contributed by atoms with Crippen LogP contribution in [-0.2, 0) is 104 Å². The van der Waals surface area contributed by atoms with Gasteiger partial charge in [0.1, 0.15) is 51.8 Å². The minimum atomic E-state index is -5.94. The Hall–Kier alpha value is -5.24. The molecule has 0 radical (unpaired) electrons. The molecule has 0 amide bonds. The standard InChI is InChI=1S/C32H54F6O6.C26H32F8O8.C15H19F5O8/c1-5-6-7-8-9-10-11-12-13-14-15-16-17-18-19-20-21-22-23-40-25-42-31(32(36,37)38)30(34,35)24-41-28(44-31)29(3,4)43-27(39)26(2)33;1-14(24(29,30)31)19(35)39-12-21(3)40-13-23(27,28)25(42-21,26(32,33)34)41-15(2)37-4-5-38-20(36)22-9-16-6-17(10-22)8-18(7-16)11-22;1-4-11(22)25-7-12-26-8-13(16,17)14(28-12,15(18,19)20)27-10(3)24-6-5-23-9(2)21/h28H,2,5-25H2,1,3-4H3;15-18H,1,4-13H2,2-3H3;4,10,12H,1,5-8H2,2-3H3. The fourth-order valence-corrected chi connectivity index (χ4v) is 13.8. The Labute approximate surface area is 648 Å². The number of hydrogen-bond acceptors (Lipinski definition) is 22. The summed E-state index contributed by atoms with van der Waals surface area (Å²) in [5.74, 6) is -36.5. The molecule has 0 spiro atoms. The highest BCUT2D eigenvalue weighted by Gasteiger charge is 2.80. The first kappa shape index (κ1) is 101. The number of esters is 5. The summed E-state index contributed by atoms with van der Waals surface area (Å²) in [4.78, 5) is 57.7. The number of alkyl halides is 18. The van der Waals surface area contributed by atoms with Crippen LogP contribution in [0.2, 0.25) is 0 Å². The Balaban J connectivity index is 0.000000370. The summed E-state index contributed by atoms with van der Waals surface area (Å²) in [5, 5.41) is 0. The van der Waals surface area contributed by atoms with Crippen molar-refractivity contribution >= 4 is 29.8 Å². The Morgan fingerprint density at radius 1 is 0.544 bits per heavy atom. The van der Waals surface area contributed by atoms with E-state index in [1.165, 1.54) is 83.5 Å². The largest absolute Gasteiger partial charge is 0.463 e. The number of unbranched alkanes of at least 4 members (excludes halogenated alkanes) is 17. The highest BCUT2D eigenvalue weighted by molar-refractivity contribution is 5.89. The van der Waals surface area contributed by atoms with E-state index >= 15 is 0 Å². The second-order valence-electron chi connectivity index (χ2n) is 29.4. The maximum Gasteiger partial charge on any atom is 0.450 e. The van der Waals surface area contributed by atoms with Crippen LogP contribution in [0.1, 0.15) is 203 Å². The summed E-state index contributed by atoms with van der Waals surface area (Å²) < 4.78 is 342. The number of carbonyl (C=O) groups excluding carboxylic acids is 5. The first-order valence-electron chi connectivity index (χ1n) is 37.4. The molecule has 0 aromatic rings. The molecule has 3 aliphatic heterocycles. The number of carbonyl (C=O) groups is 5. The Kier molecular flexibility index (Phi) is 38.7. The van der Waals surface area contributed by atoms with Gasteiger partial charge in [-0.05, 0) is 97.3 Å². The summed E-state index contributed by atoms with van der Waals surface area (Å²) in [6, 6.07) is 0. The van der Waals surface area contributed by atoms with Gasteiger partial charge in [0.05, 0.1) is 18.6 Å². The van der Waals surface area contributed by atoms with Gasteiger partial charge in [0.2, 0.25) is 17.9 Å². The van der Waals surface area contributed by atoms with Crippen molar-refractivity contribution in [3.63, 3.8) is 0 Å². The zero-order valence-corrected chi connectivity index (χ0v) is 64.7. The van der Waals surface area contributed by atoms with Gasteiger partial charge in [-0.25, -0.2) is 14.4 Å². The van der Waals surface area contributed by atoms with Crippen LogP contribution in [0.15, 0.2) is 37.2 Å². The monoisotopic (exact) mass is 1690 g/mol. The molecule has 0 aromatic heterocycles. The lowest BCUT2D eigenvalue weighted by atomic mass is 9.49. The maximum atomic E-state index is 14.8. The molecule has 3 saturated heterocycles. The normalized spacial score (nSPS) is 27.6. The molecule has 7 rings (SSSR count). The zero-order chi connectivity index (χ0) is 86.1. The Morgan fingerprint density at radius 3 is 1.43 bits per heavy atom. The minimum Gasteiger partial charge on any atom is -0.463 e. The second kappa shape index (κ2) is 43.6. The van der Waals surface area contributed by atoms with Crippen LogP contribution in [-0.4, -0.2) is 199 Å². The molecule has 0 N–H and O–H groups in total. The minimum absolute atomic E-state index is 0.0138. The van der Waals surface area contributed by atoms with Crippen molar-refractivity contribution in [3.05, 3.63) is 37.2 Å². The van der Waals surface area contributed by atoms with E-state index in [1.807, 2.05) is 0 Å². The third-order valence-corrected chi connectivity index (χ3v) is 19.2. The van der Waals surface area contributed by atoms with E-state index in [4.69, 9.17) is 28.4 Å². The SMILES string of the molecule is C=C(C(=O)OCC1(C)OCC(F)(F)C(OC(C)OCCOC(=O)C23CC4CC(CC(C4)C2)C3)(C(F)(F)F)O1)C(F)(F)F.C=C(F)C(=O)OC(C)(C)C1OCC(F)(F)C(OCOCCCCCCCCCCCCCCCCCCCC)(C(F)(F)F)O1.C=CC(=O)OCC1OCC(F)(F)C(OC(C)OCCOC(C)=O)(C(F)(F)F)O1. The van der Waals surface area contributed by atoms with Gasteiger partial charge in [-0.2, -0.15) is 83.4 Å². The quantitative estimate of drug-likeness (QED) is 0.0137. The highest BCUT2D eigenvalue weighted by atomic mass is 19.4. The number of rotatable bonds is 44. The van der Waals surface area contributed by atoms with Crippen molar-refractivity contribution in [2.45, 2.75) is 299 Å². The van der Waals surface area contributed by atoms with E-state index in [0.717, 1.165) is 98.8 Å². The molecule has 7 aliphatic rings. The topological polar surface area (TPSA) is 242 Å². The van der Waals surface area contributed by atoms with E-state index < -0.39 is 196 Å². The third kappa shape index (κ3) is 29.0. The van der Waals surface area contributed by atoms with E-state index in [9.17, 15) is 107 Å². The van der Waals surface area contributed by atoms with Gasteiger partial charge in [-0.15, -0.1) is 0 Å². The lowest BCUT2D eigenvalue weighted by Crippen LogP contribution is -2.72. The predicted octanol–water partition coefficient (Wildman–Crippen LogP) is 17.5. The molecule has 8 atom stereocenters. The van der Waals surface area contributed by atoms with Crippen molar-refractivity contribution in [1.29, 1.82) is 0 Å². The third-order valence-electron chi connectivity index (χ3n) is 19.2. The highest BCUT2D eigenvalue weighted by Crippen LogP contribution is 2.61. The molecular weight excluding hydrogens is 1590 g/mol. The lowest BCUT2D eigenvalue weighted by molar-refractivity contribution is -0.535. The zero-order valence-electron chi connectivity index (χ0n) is 64.7. The van der Waals surface area contributed by atoms with Crippen LogP contribution in [0.4, 0.5) is 83.4 Å². The molecule has 3 heterocycles. The van der Waals surface area contributed by atoms with E-state index in [0.29, 0.717) is 37.2 Å². The van der Waals surface area contributed by atoms with Crippen LogP contribution >= 0.6 is 0 Å². The van der Waals surface area contributed by atoms with E-state index in [1.54, 1.807) is 0 Å².